The number of para-hydroxylation sites is 1. The number of thiazole rings is 1. The molecule has 0 aliphatic rings. The van der Waals surface area contributed by atoms with Crippen molar-refractivity contribution in [1.29, 1.82) is 0 Å². The third-order valence-corrected chi connectivity index (χ3v) is 4.71. The van der Waals surface area contributed by atoms with Gasteiger partial charge in [-0.1, -0.05) is 54.6 Å². The van der Waals surface area contributed by atoms with Crippen LogP contribution in [-0.2, 0) is 6.61 Å². The second-order valence-electron chi connectivity index (χ2n) is 5.29. The first-order valence-electron chi connectivity index (χ1n) is 7.51. The highest BCUT2D eigenvalue weighted by Gasteiger charge is 2.07. The highest BCUT2D eigenvalue weighted by molar-refractivity contribution is 7.21. The van der Waals surface area contributed by atoms with Crippen LogP contribution in [-0.4, -0.2) is 4.98 Å². The molecule has 0 saturated carbocycles. The van der Waals surface area contributed by atoms with Gasteiger partial charge in [0.05, 0.1) is 10.2 Å². The van der Waals surface area contributed by atoms with Crippen molar-refractivity contribution in [1.82, 2.24) is 4.98 Å². The molecule has 4 rings (SSSR count). The minimum Gasteiger partial charge on any atom is -0.489 e. The largest absolute Gasteiger partial charge is 0.489 e. The van der Waals surface area contributed by atoms with Gasteiger partial charge in [-0.15, -0.1) is 11.3 Å². The molecule has 0 aliphatic heterocycles. The standard InChI is InChI=1S/C20H15NOS/c1-2-7-15(8-3-1)14-22-17-10-6-9-16(13-17)20-21-18-11-4-5-12-19(18)23-20/h1-13H,14H2. The van der Waals surface area contributed by atoms with E-state index in [9.17, 15) is 0 Å². The normalized spacial score (nSPS) is 10.8. The van der Waals surface area contributed by atoms with Crippen LogP contribution >= 0.6 is 11.3 Å². The predicted molar refractivity (Wildman–Crippen MR) is 95.8 cm³/mol. The van der Waals surface area contributed by atoms with E-state index in [4.69, 9.17) is 9.72 Å². The summed E-state index contributed by atoms with van der Waals surface area (Å²) in [6.07, 6.45) is 0. The monoisotopic (exact) mass is 317 g/mol. The first-order valence-corrected chi connectivity index (χ1v) is 8.33. The van der Waals surface area contributed by atoms with E-state index in [0.29, 0.717) is 6.61 Å². The molecule has 1 aromatic heterocycles. The number of rotatable bonds is 4. The lowest BCUT2D eigenvalue weighted by atomic mass is 10.2. The fraction of sp³-hybridized carbons (Fsp3) is 0.0500. The molecule has 2 nitrogen and oxygen atoms in total. The maximum atomic E-state index is 5.91. The Morgan fingerprint density at radius 2 is 1.65 bits per heavy atom. The maximum Gasteiger partial charge on any atom is 0.124 e. The fourth-order valence-corrected chi connectivity index (χ4v) is 3.42. The van der Waals surface area contributed by atoms with Crippen molar-refractivity contribution in [3.63, 3.8) is 0 Å². The second kappa shape index (κ2) is 6.23. The smallest absolute Gasteiger partial charge is 0.124 e. The van der Waals surface area contributed by atoms with E-state index in [2.05, 4.69) is 30.3 Å². The van der Waals surface area contributed by atoms with Crippen LogP contribution in [0.15, 0.2) is 78.9 Å². The summed E-state index contributed by atoms with van der Waals surface area (Å²) in [7, 11) is 0. The Morgan fingerprint density at radius 3 is 2.52 bits per heavy atom. The SMILES string of the molecule is c1ccc(COc2cccc(-c3nc4ccccc4s3)c2)cc1. The molecule has 0 saturated heterocycles. The number of benzene rings is 3. The van der Waals surface area contributed by atoms with Gasteiger partial charge in [-0.25, -0.2) is 4.98 Å². The molecule has 0 unspecified atom stereocenters. The lowest BCUT2D eigenvalue weighted by molar-refractivity contribution is 0.306. The number of nitrogens with zero attached hydrogens (tertiary/aromatic N) is 1. The molecule has 3 aromatic carbocycles. The highest BCUT2D eigenvalue weighted by Crippen LogP contribution is 2.31. The van der Waals surface area contributed by atoms with E-state index in [1.165, 1.54) is 4.70 Å². The van der Waals surface area contributed by atoms with Gasteiger partial charge in [0, 0.05) is 5.56 Å². The summed E-state index contributed by atoms with van der Waals surface area (Å²) < 4.78 is 7.11. The Bertz CT molecular complexity index is 897. The summed E-state index contributed by atoms with van der Waals surface area (Å²) in [6.45, 7) is 0.574. The number of hydrogen-bond donors (Lipinski definition) is 0. The van der Waals surface area contributed by atoms with E-state index < -0.39 is 0 Å². The minimum atomic E-state index is 0.574. The van der Waals surface area contributed by atoms with Crippen LogP contribution in [0.25, 0.3) is 20.8 Å². The van der Waals surface area contributed by atoms with Gasteiger partial charge in [-0.2, -0.15) is 0 Å². The molecule has 4 aromatic rings. The van der Waals surface area contributed by atoms with Crippen molar-refractivity contribution in [3.8, 4) is 16.3 Å². The topological polar surface area (TPSA) is 22.1 Å². The molecule has 1 heterocycles. The summed E-state index contributed by atoms with van der Waals surface area (Å²) in [5.41, 5.74) is 3.30. The van der Waals surface area contributed by atoms with Crippen LogP contribution in [0.4, 0.5) is 0 Å². The molecule has 0 spiro atoms. The third kappa shape index (κ3) is 3.10. The quantitative estimate of drug-likeness (QED) is 0.493. The molecule has 112 valence electrons. The zero-order valence-corrected chi connectivity index (χ0v) is 13.3. The average Bonchev–Trinajstić information content (AvgIpc) is 3.05. The zero-order valence-electron chi connectivity index (χ0n) is 12.5. The summed E-state index contributed by atoms with van der Waals surface area (Å²) >= 11 is 1.71. The van der Waals surface area contributed by atoms with Crippen LogP contribution in [0.5, 0.6) is 5.75 Å². The molecule has 0 aliphatic carbocycles. The highest BCUT2D eigenvalue weighted by atomic mass is 32.1. The van der Waals surface area contributed by atoms with Gasteiger partial charge >= 0.3 is 0 Å². The molecule has 0 N–H and O–H groups in total. The Balaban J connectivity index is 1.58. The van der Waals surface area contributed by atoms with Crippen molar-refractivity contribution in [3.05, 3.63) is 84.4 Å². The zero-order chi connectivity index (χ0) is 15.5. The van der Waals surface area contributed by atoms with Crippen LogP contribution in [0.3, 0.4) is 0 Å². The van der Waals surface area contributed by atoms with Gasteiger partial charge in [0.25, 0.3) is 0 Å². The number of aromatic nitrogens is 1. The van der Waals surface area contributed by atoms with E-state index in [0.717, 1.165) is 27.4 Å². The van der Waals surface area contributed by atoms with Gasteiger partial charge < -0.3 is 4.74 Å². The van der Waals surface area contributed by atoms with Crippen molar-refractivity contribution >= 4 is 21.6 Å². The van der Waals surface area contributed by atoms with Gasteiger partial charge in [0.15, 0.2) is 0 Å². The van der Waals surface area contributed by atoms with E-state index in [1.54, 1.807) is 11.3 Å². The van der Waals surface area contributed by atoms with Crippen LogP contribution < -0.4 is 4.74 Å². The van der Waals surface area contributed by atoms with Crippen molar-refractivity contribution in [2.24, 2.45) is 0 Å². The summed E-state index contributed by atoms with van der Waals surface area (Å²) in [5, 5.41) is 1.02. The molecule has 23 heavy (non-hydrogen) atoms. The van der Waals surface area contributed by atoms with Gasteiger partial charge in [-0.3, -0.25) is 0 Å². The molecule has 0 bridgehead atoms. The van der Waals surface area contributed by atoms with E-state index >= 15 is 0 Å². The van der Waals surface area contributed by atoms with Gasteiger partial charge in [-0.05, 0) is 29.8 Å². The maximum absolute atomic E-state index is 5.91. The van der Waals surface area contributed by atoms with Crippen LogP contribution in [0.1, 0.15) is 5.56 Å². The molecule has 0 radical (unpaired) electrons. The van der Waals surface area contributed by atoms with Crippen molar-refractivity contribution in [2.45, 2.75) is 6.61 Å². The lowest BCUT2D eigenvalue weighted by Crippen LogP contribution is -1.94. The van der Waals surface area contributed by atoms with Crippen LogP contribution in [0.2, 0.25) is 0 Å². The molecule has 3 heteroatoms. The van der Waals surface area contributed by atoms with Gasteiger partial charge in [0.2, 0.25) is 0 Å². The molecule has 0 amide bonds. The molecule has 0 fully saturated rings. The second-order valence-corrected chi connectivity index (χ2v) is 6.32. The predicted octanol–water partition coefficient (Wildman–Crippen LogP) is 5.54. The van der Waals surface area contributed by atoms with E-state index in [-0.39, 0.29) is 0 Å². The Morgan fingerprint density at radius 1 is 0.826 bits per heavy atom. The first-order chi connectivity index (χ1) is 11.4. The number of ether oxygens (including phenoxy) is 1. The summed E-state index contributed by atoms with van der Waals surface area (Å²) in [5.74, 6) is 0.866. The Labute approximate surface area is 139 Å². The van der Waals surface area contributed by atoms with E-state index in [1.807, 2.05) is 48.5 Å². The average molecular weight is 317 g/mol. The number of fused-ring (bicyclic) bond motifs is 1. The minimum absolute atomic E-state index is 0.574. The van der Waals surface area contributed by atoms with Gasteiger partial charge in [0.1, 0.15) is 17.4 Å². The third-order valence-electron chi connectivity index (χ3n) is 3.62. The Kier molecular flexibility index (Phi) is 3.78. The summed E-state index contributed by atoms with van der Waals surface area (Å²) in [4.78, 5) is 4.71. The lowest BCUT2D eigenvalue weighted by Gasteiger charge is -2.07. The fourth-order valence-electron chi connectivity index (χ4n) is 2.46. The molecule has 0 atom stereocenters. The van der Waals surface area contributed by atoms with Crippen molar-refractivity contribution < 1.29 is 4.74 Å². The molecular weight excluding hydrogens is 302 g/mol. The van der Waals surface area contributed by atoms with Crippen LogP contribution in [0, 0.1) is 0 Å². The Hall–Kier alpha value is -2.65. The number of hydrogen-bond acceptors (Lipinski definition) is 3. The first kappa shape index (κ1) is 14.0. The molecular formula is C20H15NOS. The van der Waals surface area contributed by atoms with Crippen molar-refractivity contribution in [2.75, 3.05) is 0 Å². The summed E-state index contributed by atoms with van der Waals surface area (Å²) in [6, 6.07) is 26.5.